The van der Waals surface area contributed by atoms with Crippen molar-refractivity contribution in [2.45, 2.75) is 19.9 Å². The quantitative estimate of drug-likeness (QED) is 0.850. The van der Waals surface area contributed by atoms with Gasteiger partial charge in [-0.1, -0.05) is 0 Å². The molecule has 5 heteroatoms. The second kappa shape index (κ2) is 5.70. The molecule has 4 nitrogen and oxygen atoms in total. The van der Waals surface area contributed by atoms with Gasteiger partial charge in [0.15, 0.2) is 12.4 Å². The van der Waals surface area contributed by atoms with E-state index in [2.05, 4.69) is 26.2 Å². The molecule has 0 aromatic carbocycles. The van der Waals surface area contributed by atoms with Gasteiger partial charge in [-0.2, -0.15) is 0 Å². The summed E-state index contributed by atoms with van der Waals surface area (Å²) in [4.78, 5) is 15.2. The molecule has 0 spiro atoms. The van der Waals surface area contributed by atoms with E-state index in [1.807, 2.05) is 13.8 Å². The molecule has 1 amide bonds. The lowest BCUT2D eigenvalue weighted by Gasteiger charge is -2.09. The number of aromatic nitrogens is 1. The number of halogens is 1. The molecular formula is C10H13BrN2O2. The first-order valence-electron chi connectivity index (χ1n) is 4.62. The van der Waals surface area contributed by atoms with E-state index in [1.165, 1.54) is 0 Å². The summed E-state index contributed by atoms with van der Waals surface area (Å²) in [6.45, 7) is 3.80. The zero-order valence-corrected chi connectivity index (χ0v) is 10.2. The van der Waals surface area contributed by atoms with Gasteiger partial charge in [0, 0.05) is 12.2 Å². The number of carbonyl (C=O) groups excluding carboxylic acids is 1. The van der Waals surface area contributed by atoms with Crippen molar-refractivity contribution in [2.75, 3.05) is 6.61 Å². The summed E-state index contributed by atoms with van der Waals surface area (Å²) < 4.78 is 5.88. The predicted molar refractivity (Wildman–Crippen MR) is 60.7 cm³/mol. The van der Waals surface area contributed by atoms with Gasteiger partial charge in [0.05, 0.1) is 0 Å². The minimum Gasteiger partial charge on any atom is -0.481 e. The van der Waals surface area contributed by atoms with Crippen molar-refractivity contribution in [1.29, 1.82) is 0 Å². The monoisotopic (exact) mass is 272 g/mol. The number of nitrogens with zero attached hydrogens (tertiary/aromatic N) is 1. The highest BCUT2D eigenvalue weighted by molar-refractivity contribution is 9.10. The van der Waals surface area contributed by atoms with Crippen LogP contribution in [0.3, 0.4) is 0 Å². The van der Waals surface area contributed by atoms with Gasteiger partial charge in [0.25, 0.3) is 5.91 Å². The third-order valence-corrected chi connectivity index (χ3v) is 2.13. The summed E-state index contributed by atoms with van der Waals surface area (Å²) in [6.07, 6.45) is 1.64. The van der Waals surface area contributed by atoms with E-state index in [1.54, 1.807) is 18.3 Å². The van der Waals surface area contributed by atoms with Crippen LogP contribution in [0, 0.1) is 0 Å². The molecule has 0 atom stereocenters. The van der Waals surface area contributed by atoms with E-state index in [0.717, 1.165) is 0 Å². The predicted octanol–water partition coefficient (Wildman–Crippen LogP) is 1.75. The number of ether oxygens (including phenoxy) is 1. The standard InChI is InChI=1S/C10H13BrN2O2/c1-7(2)13-9(14)6-15-8-4-3-5-12-10(8)11/h3-5,7H,6H2,1-2H3,(H,13,14). The Morgan fingerprint density at radius 1 is 1.67 bits per heavy atom. The minimum absolute atomic E-state index is 0.00245. The number of rotatable bonds is 4. The molecule has 0 unspecified atom stereocenters. The molecule has 0 bridgehead atoms. The van der Waals surface area contributed by atoms with Crippen LogP contribution in [0.2, 0.25) is 0 Å². The number of nitrogens with one attached hydrogen (secondary N) is 1. The molecule has 1 N–H and O–H groups in total. The molecule has 15 heavy (non-hydrogen) atoms. The van der Waals surface area contributed by atoms with Gasteiger partial charge >= 0.3 is 0 Å². The van der Waals surface area contributed by atoms with Crippen LogP contribution in [0.5, 0.6) is 5.75 Å². The van der Waals surface area contributed by atoms with Crippen LogP contribution in [0.1, 0.15) is 13.8 Å². The van der Waals surface area contributed by atoms with E-state index in [0.29, 0.717) is 10.4 Å². The van der Waals surface area contributed by atoms with Crippen LogP contribution in [-0.2, 0) is 4.79 Å². The van der Waals surface area contributed by atoms with Crippen LogP contribution in [-0.4, -0.2) is 23.5 Å². The Labute approximate surface area is 97.2 Å². The van der Waals surface area contributed by atoms with Gasteiger partial charge in [-0.3, -0.25) is 4.79 Å². The summed E-state index contributed by atoms with van der Waals surface area (Å²) in [7, 11) is 0. The lowest BCUT2D eigenvalue weighted by molar-refractivity contribution is -0.123. The van der Waals surface area contributed by atoms with Crippen LogP contribution in [0.25, 0.3) is 0 Å². The molecular weight excluding hydrogens is 260 g/mol. The lowest BCUT2D eigenvalue weighted by atomic mass is 10.4. The van der Waals surface area contributed by atoms with Crippen LogP contribution in [0.15, 0.2) is 22.9 Å². The van der Waals surface area contributed by atoms with Crippen molar-refractivity contribution in [3.8, 4) is 5.75 Å². The smallest absolute Gasteiger partial charge is 0.258 e. The molecule has 0 aliphatic heterocycles. The fourth-order valence-electron chi connectivity index (χ4n) is 0.986. The first-order chi connectivity index (χ1) is 7.09. The maximum Gasteiger partial charge on any atom is 0.258 e. The third-order valence-electron chi connectivity index (χ3n) is 1.53. The van der Waals surface area contributed by atoms with Gasteiger partial charge < -0.3 is 10.1 Å². The first kappa shape index (κ1) is 12.0. The molecule has 82 valence electrons. The Morgan fingerprint density at radius 3 is 3.00 bits per heavy atom. The highest BCUT2D eigenvalue weighted by Gasteiger charge is 2.06. The van der Waals surface area contributed by atoms with Crippen molar-refractivity contribution in [2.24, 2.45) is 0 Å². The SMILES string of the molecule is CC(C)NC(=O)COc1cccnc1Br. The van der Waals surface area contributed by atoms with E-state index < -0.39 is 0 Å². The highest BCUT2D eigenvalue weighted by Crippen LogP contribution is 2.20. The van der Waals surface area contributed by atoms with Gasteiger partial charge in [-0.15, -0.1) is 0 Å². The van der Waals surface area contributed by atoms with Crippen molar-refractivity contribution in [1.82, 2.24) is 10.3 Å². The molecule has 1 aromatic rings. The van der Waals surface area contributed by atoms with Gasteiger partial charge in [-0.25, -0.2) is 4.98 Å². The van der Waals surface area contributed by atoms with Crippen molar-refractivity contribution in [3.63, 3.8) is 0 Å². The van der Waals surface area contributed by atoms with Gasteiger partial charge in [0.1, 0.15) is 4.60 Å². The normalized spacial score (nSPS) is 10.1. The Balaban J connectivity index is 2.44. The van der Waals surface area contributed by atoms with Crippen LogP contribution < -0.4 is 10.1 Å². The summed E-state index contributed by atoms with van der Waals surface area (Å²) in [5.74, 6) is 0.428. The minimum atomic E-state index is -0.138. The summed E-state index contributed by atoms with van der Waals surface area (Å²) in [5, 5.41) is 2.73. The Kier molecular flexibility index (Phi) is 4.55. The van der Waals surface area contributed by atoms with Crippen molar-refractivity contribution >= 4 is 21.8 Å². The lowest BCUT2D eigenvalue weighted by Crippen LogP contribution is -2.34. The number of hydrogen-bond acceptors (Lipinski definition) is 3. The summed E-state index contributed by atoms with van der Waals surface area (Å²) >= 11 is 3.23. The van der Waals surface area contributed by atoms with E-state index in [4.69, 9.17) is 4.74 Å². The Hall–Kier alpha value is -1.10. The summed E-state index contributed by atoms with van der Waals surface area (Å²) in [6, 6.07) is 3.62. The third kappa shape index (κ3) is 4.29. The molecule has 0 radical (unpaired) electrons. The zero-order valence-electron chi connectivity index (χ0n) is 8.66. The fourth-order valence-corrected chi connectivity index (χ4v) is 1.35. The Morgan fingerprint density at radius 2 is 2.40 bits per heavy atom. The van der Waals surface area contributed by atoms with Gasteiger partial charge in [-0.05, 0) is 41.9 Å². The average Bonchev–Trinajstić information content (AvgIpc) is 2.15. The molecule has 0 aliphatic rings. The number of pyridine rings is 1. The number of hydrogen-bond donors (Lipinski definition) is 1. The first-order valence-corrected chi connectivity index (χ1v) is 5.41. The number of carbonyl (C=O) groups is 1. The van der Waals surface area contributed by atoms with Crippen molar-refractivity contribution in [3.05, 3.63) is 22.9 Å². The molecule has 1 heterocycles. The molecule has 0 saturated heterocycles. The van der Waals surface area contributed by atoms with Crippen molar-refractivity contribution < 1.29 is 9.53 Å². The maximum atomic E-state index is 11.3. The second-order valence-corrected chi connectivity index (χ2v) is 4.05. The van der Waals surface area contributed by atoms with Crippen LogP contribution >= 0.6 is 15.9 Å². The fraction of sp³-hybridized carbons (Fsp3) is 0.400. The van der Waals surface area contributed by atoms with Gasteiger partial charge in [0.2, 0.25) is 0 Å². The zero-order chi connectivity index (χ0) is 11.3. The summed E-state index contributed by atoms with van der Waals surface area (Å²) in [5.41, 5.74) is 0. The van der Waals surface area contributed by atoms with E-state index >= 15 is 0 Å². The van der Waals surface area contributed by atoms with E-state index in [9.17, 15) is 4.79 Å². The van der Waals surface area contributed by atoms with Crippen LogP contribution in [0.4, 0.5) is 0 Å². The molecule has 1 aromatic heterocycles. The molecule has 0 fully saturated rings. The Bertz CT molecular complexity index is 342. The maximum absolute atomic E-state index is 11.3. The largest absolute Gasteiger partial charge is 0.481 e. The highest BCUT2D eigenvalue weighted by atomic mass is 79.9. The topological polar surface area (TPSA) is 51.2 Å². The number of amides is 1. The van der Waals surface area contributed by atoms with E-state index in [-0.39, 0.29) is 18.6 Å². The second-order valence-electron chi connectivity index (χ2n) is 3.30. The molecule has 0 aliphatic carbocycles. The molecule has 1 rings (SSSR count). The molecule has 0 saturated carbocycles. The average molecular weight is 273 g/mol.